The average molecular weight is 318 g/mol. The molecule has 0 spiro atoms. The highest BCUT2D eigenvalue weighted by atomic mass is 19.1. The van der Waals surface area contributed by atoms with E-state index in [9.17, 15) is 4.39 Å². The molecular weight excluding hydrogens is 291 g/mol. The molecule has 0 amide bonds. The van der Waals surface area contributed by atoms with Crippen molar-refractivity contribution < 1.29 is 4.39 Å². The number of halogens is 1. The van der Waals surface area contributed by atoms with Crippen LogP contribution < -0.4 is 0 Å². The first-order valence-electron chi connectivity index (χ1n) is 7.82. The van der Waals surface area contributed by atoms with Gasteiger partial charge in [-0.1, -0.05) is 34.6 Å². The summed E-state index contributed by atoms with van der Waals surface area (Å²) in [5, 5.41) is 0. The number of hydrogen-bond donors (Lipinski definition) is 0. The van der Waals surface area contributed by atoms with Gasteiger partial charge in [0.2, 0.25) is 0 Å². The van der Waals surface area contributed by atoms with Crippen molar-refractivity contribution >= 4 is 0 Å². The fraction of sp³-hybridized carbons (Fsp3) is 0.556. The Hall–Kier alpha value is -1.91. The zero-order valence-electron chi connectivity index (χ0n) is 15.4. The maximum absolute atomic E-state index is 13.1. The predicted molar refractivity (Wildman–Crippen MR) is 91.0 cm³/mol. The summed E-state index contributed by atoms with van der Waals surface area (Å²) < 4.78 is 13.1. The molecule has 0 aliphatic heterocycles. The minimum absolute atomic E-state index is 0.252. The van der Waals surface area contributed by atoms with E-state index in [1.54, 1.807) is 6.92 Å². The molecule has 0 radical (unpaired) electrons. The fourth-order valence-electron chi connectivity index (χ4n) is 2.02. The summed E-state index contributed by atoms with van der Waals surface area (Å²) in [6.07, 6.45) is 1.23. The van der Waals surface area contributed by atoms with Gasteiger partial charge in [0.1, 0.15) is 11.6 Å². The maximum atomic E-state index is 13.1. The zero-order valence-corrected chi connectivity index (χ0v) is 15.4. The number of aromatic nitrogens is 4. The smallest absolute Gasteiger partial charge is 0.163 e. The molecule has 0 aromatic carbocycles. The van der Waals surface area contributed by atoms with E-state index in [1.165, 1.54) is 6.20 Å². The van der Waals surface area contributed by atoms with E-state index >= 15 is 0 Å². The maximum Gasteiger partial charge on any atom is 0.163 e. The van der Waals surface area contributed by atoms with Crippen LogP contribution in [0.25, 0.3) is 0 Å². The number of aryl methyl sites for hydroxylation is 3. The molecule has 4 nitrogen and oxygen atoms in total. The quantitative estimate of drug-likeness (QED) is 0.780. The Balaban J connectivity index is 0.000000231. The van der Waals surface area contributed by atoms with Gasteiger partial charge in [-0.15, -0.1) is 0 Å². The summed E-state index contributed by atoms with van der Waals surface area (Å²) in [5.74, 6) is 1.65. The molecule has 2 heterocycles. The van der Waals surface area contributed by atoms with Crippen LogP contribution in [0.1, 0.15) is 69.3 Å². The van der Waals surface area contributed by atoms with Crippen molar-refractivity contribution in [1.82, 2.24) is 19.9 Å². The summed E-state index contributed by atoms with van der Waals surface area (Å²) in [5.41, 5.74) is 2.42. The van der Waals surface area contributed by atoms with E-state index in [0.29, 0.717) is 17.4 Å². The second-order valence-electron chi connectivity index (χ2n) is 7.00. The largest absolute Gasteiger partial charge is 0.239 e. The molecule has 2 aromatic heterocycles. The van der Waals surface area contributed by atoms with Crippen molar-refractivity contribution in [3.8, 4) is 0 Å². The van der Waals surface area contributed by atoms with Gasteiger partial charge in [0, 0.05) is 16.8 Å². The molecule has 0 atom stereocenters. The van der Waals surface area contributed by atoms with Crippen LogP contribution >= 0.6 is 0 Å². The first-order chi connectivity index (χ1) is 10.5. The number of nitrogens with zero attached hydrogens (tertiary/aromatic N) is 4. The van der Waals surface area contributed by atoms with Gasteiger partial charge in [-0.05, 0) is 32.8 Å². The minimum atomic E-state index is -0.326. The summed E-state index contributed by atoms with van der Waals surface area (Å²) in [6.45, 7) is 15.8. The van der Waals surface area contributed by atoms with E-state index in [1.807, 2.05) is 40.7 Å². The van der Waals surface area contributed by atoms with Gasteiger partial charge in [-0.25, -0.2) is 24.3 Å². The van der Waals surface area contributed by atoms with Crippen molar-refractivity contribution in [3.63, 3.8) is 0 Å². The molecule has 0 aliphatic rings. The van der Waals surface area contributed by atoms with Crippen LogP contribution in [0.2, 0.25) is 0 Å². The number of rotatable bonds is 1. The van der Waals surface area contributed by atoms with Crippen molar-refractivity contribution in [1.29, 1.82) is 0 Å². The molecule has 5 heteroatoms. The highest BCUT2D eigenvalue weighted by molar-refractivity contribution is 5.14. The summed E-state index contributed by atoms with van der Waals surface area (Å²) in [6, 6.07) is 2.04. The molecule has 0 saturated carbocycles. The first-order valence-corrected chi connectivity index (χ1v) is 7.82. The van der Waals surface area contributed by atoms with Crippen molar-refractivity contribution in [2.45, 2.75) is 66.7 Å². The Kier molecular flexibility index (Phi) is 6.30. The lowest BCUT2D eigenvalue weighted by molar-refractivity contribution is 0.495. The standard InChI is InChI=1S/C9H13FN2.C9H14N2/c1-6-11-5-7(10)8(12-6)9(2,3)4;1-6(2)9-5-7(3)10-8(4)11-9/h5H,1-4H3;5-6H,1-4H3. The molecule has 0 fully saturated rings. The van der Waals surface area contributed by atoms with Crippen molar-refractivity contribution in [2.24, 2.45) is 0 Å². The molecule has 0 aliphatic carbocycles. The van der Waals surface area contributed by atoms with Crippen LogP contribution in [0.4, 0.5) is 4.39 Å². The first kappa shape index (κ1) is 19.1. The van der Waals surface area contributed by atoms with Gasteiger partial charge in [0.05, 0.1) is 11.9 Å². The van der Waals surface area contributed by atoms with Gasteiger partial charge in [-0.2, -0.15) is 0 Å². The average Bonchev–Trinajstić information content (AvgIpc) is 2.40. The van der Waals surface area contributed by atoms with Crippen molar-refractivity contribution in [3.05, 3.63) is 46.8 Å². The van der Waals surface area contributed by atoms with E-state index < -0.39 is 0 Å². The van der Waals surface area contributed by atoms with Gasteiger partial charge < -0.3 is 0 Å². The topological polar surface area (TPSA) is 51.6 Å². The van der Waals surface area contributed by atoms with E-state index in [0.717, 1.165) is 17.2 Å². The fourth-order valence-corrected chi connectivity index (χ4v) is 2.02. The monoisotopic (exact) mass is 318 g/mol. The van der Waals surface area contributed by atoms with Crippen LogP contribution in [0, 0.1) is 26.6 Å². The highest BCUT2D eigenvalue weighted by Gasteiger charge is 2.20. The Bertz CT molecular complexity index is 640. The normalized spacial score (nSPS) is 11.2. The van der Waals surface area contributed by atoms with Crippen LogP contribution in [0.3, 0.4) is 0 Å². The Morgan fingerprint density at radius 1 is 0.957 bits per heavy atom. The van der Waals surface area contributed by atoms with E-state index in [2.05, 4.69) is 33.8 Å². The minimum Gasteiger partial charge on any atom is -0.239 e. The Morgan fingerprint density at radius 2 is 1.57 bits per heavy atom. The Labute approximate surface area is 138 Å². The van der Waals surface area contributed by atoms with E-state index in [4.69, 9.17) is 0 Å². The third kappa shape index (κ3) is 6.00. The molecule has 2 aromatic rings. The van der Waals surface area contributed by atoms with E-state index in [-0.39, 0.29) is 11.2 Å². The molecule has 0 saturated heterocycles. The lowest BCUT2D eigenvalue weighted by atomic mass is 9.91. The highest BCUT2D eigenvalue weighted by Crippen LogP contribution is 2.22. The third-order valence-electron chi connectivity index (χ3n) is 3.15. The lowest BCUT2D eigenvalue weighted by Crippen LogP contribution is -2.17. The van der Waals surface area contributed by atoms with Gasteiger partial charge in [-0.3, -0.25) is 0 Å². The number of hydrogen-bond acceptors (Lipinski definition) is 4. The van der Waals surface area contributed by atoms with Gasteiger partial charge in [0.15, 0.2) is 5.82 Å². The van der Waals surface area contributed by atoms with Crippen LogP contribution in [-0.2, 0) is 5.41 Å². The zero-order chi connectivity index (χ0) is 17.8. The van der Waals surface area contributed by atoms with Gasteiger partial charge in [0.25, 0.3) is 0 Å². The molecule has 0 N–H and O–H groups in total. The Morgan fingerprint density at radius 3 is 2.00 bits per heavy atom. The molecule has 2 rings (SSSR count). The van der Waals surface area contributed by atoms with Crippen molar-refractivity contribution in [2.75, 3.05) is 0 Å². The second-order valence-corrected chi connectivity index (χ2v) is 7.00. The summed E-state index contributed by atoms with van der Waals surface area (Å²) in [4.78, 5) is 16.4. The van der Waals surface area contributed by atoms with Gasteiger partial charge >= 0.3 is 0 Å². The molecule has 126 valence electrons. The second kappa shape index (κ2) is 7.57. The lowest BCUT2D eigenvalue weighted by Gasteiger charge is -2.17. The molecule has 23 heavy (non-hydrogen) atoms. The van der Waals surface area contributed by atoms with Crippen LogP contribution in [-0.4, -0.2) is 19.9 Å². The summed E-state index contributed by atoms with van der Waals surface area (Å²) in [7, 11) is 0. The SMILES string of the molecule is Cc1cc(C(C)C)nc(C)n1.Cc1ncc(F)c(C(C)(C)C)n1. The predicted octanol–water partition coefficient (Wildman–Crippen LogP) is 4.44. The third-order valence-corrected chi connectivity index (χ3v) is 3.15. The van der Waals surface area contributed by atoms with Crippen LogP contribution in [0.15, 0.2) is 12.3 Å². The molecular formula is C18H27FN4. The molecule has 0 unspecified atom stereocenters. The molecule has 0 bridgehead atoms. The van der Waals surface area contributed by atoms with Crippen LogP contribution in [0.5, 0.6) is 0 Å². The summed E-state index contributed by atoms with van der Waals surface area (Å²) >= 11 is 0.